The van der Waals surface area contributed by atoms with Gasteiger partial charge in [0, 0.05) is 6.42 Å². The third-order valence-corrected chi connectivity index (χ3v) is 1.76. The van der Waals surface area contributed by atoms with E-state index in [-0.39, 0.29) is 23.5 Å². The Morgan fingerprint density at radius 3 is 2.50 bits per heavy atom. The van der Waals surface area contributed by atoms with Crippen molar-refractivity contribution in [2.24, 2.45) is 0 Å². The number of ketones is 1. The number of carbonyl (C=O) groups excluding carboxylic acids is 1. The fourth-order valence-electron chi connectivity index (χ4n) is 1.01. The van der Waals surface area contributed by atoms with Crippen LogP contribution < -0.4 is 5.56 Å². The molecule has 0 atom stereocenters. The number of nitrogens with one attached hydrogen (secondary N) is 1. The predicted octanol–water partition coefficient (Wildman–Crippen LogP) is 0.666. The Hall–Kier alpha value is -1.91. The molecule has 0 spiro atoms. The van der Waals surface area contributed by atoms with Crippen LogP contribution in [0.15, 0.2) is 16.9 Å². The Bertz CT molecular complexity index is 433. The van der Waals surface area contributed by atoms with E-state index < -0.39 is 11.5 Å². The van der Waals surface area contributed by atoms with Gasteiger partial charge in [-0.2, -0.15) is 0 Å². The number of carbonyl (C=O) groups is 2. The van der Waals surface area contributed by atoms with Gasteiger partial charge in [-0.25, -0.2) is 4.79 Å². The van der Waals surface area contributed by atoms with E-state index in [0.29, 0.717) is 0 Å². The zero-order chi connectivity index (χ0) is 10.7. The molecule has 5 heteroatoms. The highest BCUT2D eigenvalue weighted by Gasteiger charge is 2.10. The zero-order valence-electron chi connectivity index (χ0n) is 7.53. The van der Waals surface area contributed by atoms with Crippen LogP contribution in [0.5, 0.6) is 0 Å². The highest BCUT2D eigenvalue weighted by atomic mass is 16.4. The molecule has 74 valence electrons. The van der Waals surface area contributed by atoms with Gasteiger partial charge in [-0.1, -0.05) is 6.92 Å². The van der Waals surface area contributed by atoms with Crippen molar-refractivity contribution >= 4 is 11.8 Å². The number of aromatic carboxylic acids is 1. The van der Waals surface area contributed by atoms with Crippen LogP contribution in [0, 0.1) is 0 Å². The van der Waals surface area contributed by atoms with Gasteiger partial charge in [-0.05, 0) is 12.1 Å². The second-order valence-corrected chi connectivity index (χ2v) is 2.70. The average molecular weight is 195 g/mol. The lowest BCUT2D eigenvalue weighted by atomic mass is 10.1. The quantitative estimate of drug-likeness (QED) is 0.694. The maximum atomic E-state index is 11.2. The lowest BCUT2D eigenvalue weighted by Crippen LogP contribution is -2.20. The molecule has 0 bridgehead atoms. The molecule has 0 unspecified atom stereocenters. The van der Waals surface area contributed by atoms with Crippen molar-refractivity contribution in [2.45, 2.75) is 13.3 Å². The molecule has 0 aliphatic carbocycles. The Labute approximate surface area is 79.4 Å². The van der Waals surface area contributed by atoms with Crippen molar-refractivity contribution in [3.8, 4) is 0 Å². The number of Topliss-reactive ketones (excluding diaryl/α,β-unsaturated/α-hetero) is 1. The standard InChI is InChI=1S/C9H9NO4/c1-2-7(11)5-3-4-6(9(13)14)10-8(5)12/h3-4H,2H2,1H3,(H,10,12)(H,13,14). The van der Waals surface area contributed by atoms with E-state index in [1.807, 2.05) is 0 Å². The van der Waals surface area contributed by atoms with Gasteiger partial charge >= 0.3 is 5.97 Å². The molecule has 1 rings (SSSR count). The van der Waals surface area contributed by atoms with Crippen LogP contribution in [0.4, 0.5) is 0 Å². The smallest absolute Gasteiger partial charge is 0.352 e. The predicted molar refractivity (Wildman–Crippen MR) is 48.6 cm³/mol. The normalized spacial score (nSPS) is 9.79. The number of aromatic amines is 1. The molecule has 0 amide bonds. The van der Waals surface area contributed by atoms with E-state index in [0.717, 1.165) is 0 Å². The number of pyridine rings is 1. The molecule has 0 aromatic carbocycles. The number of hydrogen-bond donors (Lipinski definition) is 2. The molecule has 1 aromatic heterocycles. The van der Waals surface area contributed by atoms with Crippen molar-refractivity contribution in [3.05, 3.63) is 33.7 Å². The van der Waals surface area contributed by atoms with Crippen LogP contribution in [-0.4, -0.2) is 21.8 Å². The molecule has 0 radical (unpaired) electrons. The summed E-state index contributed by atoms with van der Waals surface area (Å²) in [4.78, 5) is 34.9. The van der Waals surface area contributed by atoms with Crippen LogP contribution in [-0.2, 0) is 0 Å². The minimum absolute atomic E-state index is 0.00231. The maximum absolute atomic E-state index is 11.2. The van der Waals surface area contributed by atoms with Crippen molar-refractivity contribution in [1.29, 1.82) is 0 Å². The fraction of sp³-hybridized carbons (Fsp3) is 0.222. The molecule has 0 aliphatic heterocycles. The molecule has 5 nitrogen and oxygen atoms in total. The van der Waals surface area contributed by atoms with Crippen LogP contribution >= 0.6 is 0 Å². The number of H-pyrrole nitrogens is 1. The molecular weight excluding hydrogens is 186 g/mol. The van der Waals surface area contributed by atoms with Crippen LogP contribution in [0.1, 0.15) is 34.2 Å². The number of aromatic nitrogens is 1. The molecule has 0 saturated heterocycles. The summed E-state index contributed by atoms with van der Waals surface area (Å²) >= 11 is 0. The Balaban J connectivity index is 3.21. The summed E-state index contributed by atoms with van der Waals surface area (Å²) in [6.07, 6.45) is 0.218. The minimum Gasteiger partial charge on any atom is -0.477 e. The zero-order valence-corrected chi connectivity index (χ0v) is 7.53. The summed E-state index contributed by atoms with van der Waals surface area (Å²) in [6.45, 7) is 1.63. The van der Waals surface area contributed by atoms with E-state index in [1.165, 1.54) is 12.1 Å². The topological polar surface area (TPSA) is 87.2 Å². The van der Waals surface area contributed by atoms with Gasteiger partial charge in [0.1, 0.15) is 5.69 Å². The molecule has 0 fully saturated rings. The first-order valence-electron chi connectivity index (χ1n) is 4.06. The number of rotatable bonds is 3. The first-order valence-corrected chi connectivity index (χ1v) is 4.06. The SMILES string of the molecule is CCC(=O)c1ccc(C(=O)O)[nH]c1=O. The second-order valence-electron chi connectivity index (χ2n) is 2.70. The lowest BCUT2D eigenvalue weighted by molar-refractivity contribution is 0.0689. The summed E-state index contributed by atoms with van der Waals surface area (Å²) in [5.41, 5.74) is -0.878. The molecule has 1 heterocycles. The van der Waals surface area contributed by atoms with Gasteiger partial charge in [0.25, 0.3) is 5.56 Å². The summed E-state index contributed by atoms with van der Waals surface area (Å²) in [5.74, 6) is -1.53. The Morgan fingerprint density at radius 2 is 2.07 bits per heavy atom. The summed E-state index contributed by atoms with van der Waals surface area (Å²) in [6, 6.07) is 2.43. The fourth-order valence-corrected chi connectivity index (χ4v) is 1.01. The van der Waals surface area contributed by atoms with E-state index in [4.69, 9.17) is 5.11 Å². The van der Waals surface area contributed by atoms with Crippen molar-refractivity contribution in [2.75, 3.05) is 0 Å². The Kier molecular flexibility index (Phi) is 2.81. The third kappa shape index (κ3) is 1.87. The maximum Gasteiger partial charge on any atom is 0.352 e. The van der Waals surface area contributed by atoms with Crippen LogP contribution in [0.3, 0.4) is 0 Å². The largest absolute Gasteiger partial charge is 0.477 e. The van der Waals surface area contributed by atoms with Crippen molar-refractivity contribution in [3.63, 3.8) is 0 Å². The van der Waals surface area contributed by atoms with Crippen LogP contribution in [0.2, 0.25) is 0 Å². The summed E-state index contributed by atoms with van der Waals surface area (Å²) in [5, 5.41) is 8.54. The lowest BCUT2D eigenvalue weighted by Gasteiger charge is -1.97. The highest BCUT2D eigenvalue weighted by Crippen LogP contribution is 1.98. The van der Waals surface area contributed by atoms with Gasteiger partial charge in [0.05, 0.1) is 5.56 Å². The van der Waals surface area contributed by atoms with E-state index in [2.05, 4.69) is 4.98 Å². The van der Waals surface area contributed by atoms with Gasteiger partial charge in [-0.3, -0.25) is 9.59 Å². The van der Waals surface area contributed by atoms with Gasteiger partial charge in [0.2, 0.25) is 0 Å². The van der Waals surface area contributed by atoms with Crippen molar-refractivity contribution < 1.29 is 14.7 Å². The van der Waals surface area contributed by atoms with Crippen LogP contribution in [0.25, 0.3) is 0 Å². The molecular formula is C9H9NO4. The van der Waals surface area contributed by atoms with Gasteiger partial charge in [0.15, 0.2) is 5.78 Å². The van der Waals surface area contributed by atoms with E-state index in [1.54, 1.807) is 6.92 Å². The molecule has 1 aromatic rings. The second kappa shape index (κ2) is 3.87. The monoisotopic (exact) mass is 195 g/mol. The first-order chi connectivity index (χ1) is 6.56. The molecule has 0 aliphatic rings. The average Bonchev–Trinajstić information content (AvgIpc) is 2.16. The van der Waals surface area contributed by atoms with E-state index >= 15 is 0 Å². The Morgan fingerprint density at radius 1 is 1.43 bits per heavy atom. The summed E-state index contributed by atoms with van der Waals surface area (Å²) < 4.78 is 0. The first kappa shape index (κ1) is 10.2. The third-order valence-electron chi connectivity index (χ3n) is 1.76. The van der Waals surface area contributed by atoms with Gasteiger partial charge < -0.3 is 10.1 Å². The van der Waals surface area contributed by atoms with E-state index in [9.17, 15) is 14.4 Å². The molecule has 2 N–H and O–H groups in total. The number of carboxylic acids is 1. The van der Waals surface area contributed by atoms with Crippen molar-refractivity contribution in [1.82, 2.24) is 4.98 Å². The summed E-state index contributed by atoms with van der Waals surface area (Å²) in [7, 11) is 0. The van der Waals surface area contributed by atoms with Gasteiger partial charge in [-0.15, -0.1) is 0 Å². The minimum atomic E-state index is -1.22. The number of hydrogen-bond acceptors (Lipinski definition) is 3. The number of carboxylic acid groups (broad SMARTS) is 1. The molecule has 14 heavy (non-hydrogen) atoms. The molecule has 0 saturated carbocycles. The highest BCUT2D eigenvalue weighted by molar-refractivity contribution is 5.96.